The van der Waals surface area contributed by atoms with E-state index in [1.165, 1.54) is 4.88 Å². The van der Waals surface area contributed by atoms with Crippen LogP contribution in [0, 0.1) is 0 Å². The van der Waals surface area contributed by atoms with Crippen LogP contribution in [0.2, 0.25) is 0 Å². The highest BCUT2D eigenvalue weighted by Crippen LogP contribution is 2.11. The van der Waals surface area contributed by atoms with E-state index in [2.05, 4.69) is 21.4 Å². The Bertz CT molecular complexity index is 379. The van der Waals surface area contributed by atoms with Gasteiger partial charge in [-0.25, -0.2) is 9.97 Å². The molecule has 13 heavy (non-hydrogen) atoms. The zero-order chi connectivity index (χ0) is 8.93. The third-order valence-electron chi connectivity index (χ3n) is 1.57. The van der Waals surface area contributed by atoms with Crippen LogP contribution in [0.4, 0.5) is 0 Å². The number of hydrogen-bond donors (Lipinski definition) is 0. The minimum Gasteiger partial charge on any atom is -0.245 e. The summed E-state index contributed by atoms with van der Waals surface area (Å²) < 4.78 is 0. The SMILES string of the molecule is C(=Cc1cccs1)c1ccncn1. The fourth-order valence-corrected chi connectivity index (χ4v) is 1.57. The maximum Gasteiger partial charge on any atom is 0.115 e. The zero-order valence-corrected chi connectivity index (χ0v) is 7.74. The van der Waals surface area contributed by atoms with E-state index < -0.39 is 0 Å². The summed E-state index contributed by atoms with van der Waals surface area (Å²) in [5.74, 6) is 0. The van der Waals surface area contributed by atoms with Crippen LogP contribution in [0.25, 0.3) is 12.2 Å². The molecular formula is C10H8N2S. The molecule has 0 radical (unpaired) electrons. The van der Waals surface area contributed by atoms with Gasteiger partial charge in [-0.3, -0.25) is 0 Å². The topological polar surface area (TPSA) is 25.8 Å². The van der Waals surface area contributed by atoms with Gasteiger partial charge in [0.15, 0.2) is 0 Å². The molecule has 0 aliphatic carbocycles. The second kappa shape index (κ2) is 3.96. The van der Waals surface area contributed by atoms with Gasteiger partial charge in [0, 0.05) is 11.1 Å². The van der Waals surface area contributed by atoms with Crippen LogP contribution >= 0.6 is 11.3 Å². The van der Waals surface area contributed by atoms with Crippen molar-refractivity contribution in [3.05, 3.63) is 46.7 Å². The van der Waals surface area contributed by atoms with E-state index in [-0.39, 0.29) is 0 Å². The molecule has 0 aromatic carbocycles. The van der Waals surface area contributed by atoms with Crippen LogP contribution in [0.5, 0.6) is 0 Å². The van der Waals surface area contributed by atoms with Crippen LogP contribution in [0.1, 0.15) is 10.6 Å². The van der Waals surface area contributed by atoms with Gasteiger partial charge in [0.25, 0.3) is 0 Å². The summed E-state index contributed by atoms with van der Waals surface area (Å²) in [6.45, 7) is 0. The molecule has 2 rings (SSSR count). The Morgan fingerprint density at radius 3 is 2.92 bits per heavy atom. The maximum atomic E-state index is 4.08. The molecule has 0 atom stereocenters. The van der Waals surface area contributed by atoms with Crippen molar-refractivity contribution in [3.63, 3.8) is 0 Å². The van der Waals surface area contributed by atoms with Crippen molar-refractivity contribution < 1.29 is 0 Å². The number of nitrogens with zero attached hydrogens (tertiary/aromatic N) is 2. The molecule has 0 aliphatic rings. The Labute approximate surface area is 80.6 Å². The summed E-state index contributed by atoms with van der Waals surface area (Å²) in [6.07, 6.45) is 7.32. The molecule has 2 heterocycles. The first-order valence-electron chi connectivity index (χ1n) is 3.93. The maximum absolute atomic E-state index is 4.08. The molecule has 0 amide bonds. The molecule has 64 valence electrons. The number of aromatic nitrogens is 2. The highest BCUT2D eigenvalue weighted by atomic mass is 32.1. The molecule has 2 nitrogen and oxygen atoms in total. The molecule has 2 aromatic rings. The number of rotatable bonds is 2. The van der Waals surface area contributed by atoms with Gasteiger partial charge in [-0.2, -0.15) is 0 Å². The van der Waals surface area contributed by atoms with Gasteiger partial charge < -0.3 is 0 Å². The largest absolute Gasteiger partial charge is 0.245 e. The second-order valence-electron chi connectivity index (χ2n) is 2.48. The highest BCUT2D eigenvalue weighted by Gasteiger charge is 1.87. The molecule has 0 aliphatic heterocycles. The predicted molar refractivity (Wildman–Crippen MR) is 55.3 cm³/mol. The van der Waals surface area contributed by atoms with Gasteiger partial charge >= 0.3 is 0 Å². The predicted octanol–water partition coefficient (Wildman–Crippen LogP) is 2.71. The molecule has 0 bridgehead atoms. The minimum atomic E-state index is 0.934. The van der Waals surface area contributed by atoms with Crippen LogP contribution in [-0.4, -0.2) is 9.97 Å². The van der Waals surface area contributed by atoms with Crippen LogP contribution in [0.3, 0.4) is 0 Å². The summed E-state index contributed by atoms with van der Waals surface area (Å²) in [5.41, 5.74) is 0.934. The molecule has 0 saturated carbocycles. The summed E-state index contributed by atoms with van der Waals surface area (Å²) >= 11 is 1.71. The smallest absolute Gasteiger partial charge is 0.115 e. The summed E-state index contributed by atoms with van der Waals surface area (Å²) in [6, 6.07) is 5.98. The first-order valence-corrected chi connectivity index (χ1v) is 4.81. The lowest BCUT2D eigenvalue weighted by atomic mass is 10.3. The van der Waals surface area contributed by atoms with E-state index in [4.69, 9.17) is 0 Å². The van der Waals surface area contributed by atoms with Crippen molar-refractivity contribution in [2.45, 2.75) is 0 Å². The summed E-state index contributed by atoms with van der Waals surface area (Å²) in [4.78, 5) is 9.17. The van der Waals surface area contributed by atoms with E-state index in [1.807, 2.05) is 24.3 Å². The average Bonchev–Trinajstić information content (AvgIpc) is 2.69. The second-order valence-corrected chi connectivity index (χ2v) is 3.46. The van der Waals surface area contributed by atoms with Crippen molar-refractivity contribution in [3.8, 4) is 0 Å². The Kier molecular flexibility index (Phi) is 2.48. The molecule has 0 spiro atoms. The van der Waals surface area contributed by atoms with E-state index in [0.717, 1.165) is 5.69 Å². The van der Waals surface area contributed by atoms with Gasteiger partial charge in [-0.05, 0) is 29.7 Å². The summed E-state index contributed by atoms with van der Waals surface area (Å²) in [7, 11) is 0. The van der Waals surface area contributed by atoms with Crippen LogP contribution in [0.15, 0.2) is 36.1 Å². The Morgan fingerprint density at radius 1 is 1.23 bits per heavy atom. The Morgan fingerprint density at radius 2 is 2.23 bits per heavy atom. The summed E-state index contributed by atoms with van der Waals surface area (Å²) in [5, 5.41) is 2.06. The minimum absolute atomic E-state index is 0.934. The average molecular weight is 188 g/mol. The van der Waals surface area contributed by atoms with Crippen molar-refractivity contribution in [2.75, 3.05) is 0 Å². The van der Waals surface area contributed by atoms with Crippen molar-refractivity contribution in [1.82, 2.24) is 9.97 Å². The lowest BCUT2D eigenvalue weighted by molar-refractivity contribution is 1.15. The van der Waals surface area contributed by atoms with E-state index in [9.17, 15) is 0 Å². The van der Waals surface area contributed by atoms with Gasteiger partial charge in [0.1, 0.15) is 6.33 Å². The first kappa shape index (κ1) is 8.13. The van der Waals surface area contributed by atoms with Crippen LogP contribution in [-0.2, 0) is 0 Å². The van der Waals surface area contributed by atoms with E-state index >= 15 is 0 Å². The Hall–Kier alpha value is -1.48. The fourth-order valence-electron chi connectivity index (χ4n) is 0.953. The van der Waals surface area contributed by atoms with Gasteiger partial charge in [-0.1, -0.05) is 6.07 Å². The van der Waals surface area contributed by atoms with E-state index in [0.29, 0.717) is 0 Å². The van der Waals surface area contributed by atoms with Gasteiger partial charge in [0.05, 0.1) is 5.69 Å². The lowest BCUT2D eigenvalue weighted by Crippen LogP contribution is -1.78. The molecular weight excluding hydrogens is 180 g/mol. The van der Waals surface area contributed by atoms with E-state index in [1.54, 1.807) is 23.9 Å². The molecule has 0 unspecified atom stereocenters. The standard InChI is InChI=1S/C10H8N2S/c1-2-10(13-7-1)4-3-9-5-6-11-8-12-9/h1-8H. The first-order chi connectivity index (χ1) is 6.45. The van der Waals surface area contributed by atoms with Crippen molar-refractivity contribution >= 4 is 23.5 Å². The molecule has 2 aromatic heterocycles. The third kappa shape index (κ3) is 2.23. The molecule has 3 heteroatoms. The molecule has 0 saturated heterocycles. The molecule has 0 fully saturated rings. The van der Waals surface area contributed by atoms with Crippen molar-refractivity contribution in [2.24, 2.45) is 0 Å². The lowest BCUT2D eigenvalue weighted by Gasteiger charge is -1.88. The number of thiophene rings is 1. The molecule has 0 N–H and O–H groups in total. The Balaban J connectivity index is 2.15. The van der Waals surface area contributed by atoms with Gasteiger partial charge in [0.2, 0.25) is 0 Å². The fraction of sp³-hybridized carbons (Fsp3) is 0. The monoisotopic (exact) mass is 188 g/mol. The number of hydrogen-bond acceptors (Lipinski definition) is 3. The normalized spacial score (nSPS) is 10.8. The van der Waals surface area contributed by atoms with Crippen LogP contribution < -0.4 is 0 Å². The van der Waals surface area contributed by atoms with Gasteiger partial charge in [-0.15, -0.1) is 11.3 Å². The van der Waals surface area contributed by atoms with Crippen molar-refractivity contribution in [1.29, 1.82) is 0 Å². The highest BCUT2D eigenvalue weighted by molar-refractivity contribution is 7.10. The quantitative estimate of drug-likeness (QED) is 0.724. The zero-order valence-electron chi connectivity index (χ0n) is 6.92. The third-order valence-corrected chi connectivity index (χ3v) is 2.40.